The molecular weight excluding hydrogens is 937 g/mol. The summed E-state index contributed by atoms with van der Waals surface area (Å²) in [5.41, 5.74) is 0. The van der Waals surface area contributed by atoms with Crippen molar-refractivity contribution in [2.75, 3.05) is 13.2 Å². The normalized spacial score (nSPS) is 12.5. The minimum Gasteiger partial charge on any atom is -0.462 e. The van der Waals surface area contributed by atoms with Crippen molar-refractivity contribution < 1.29 is 28.6 Å². The summed E-state index contributed by atoms with van der Waals surface area (Å²) in [5.74, 6) is -0.992. The highest BCUT2D eigenvalue weighted by molar-refractivity contribution is 5.71. The second-order valence-electron chi connectivity index (χ2n) is 22.0. The summed E-state index contributed by atoms with van der Waals surface area (Å²) in [6.45, 7) is 6.42. The van der Waals surface area contributed by atoms with Gasteiger partial charge in [0.25, 0.3) is 0 Å². The van der Waals surface area contributed by atoms with Crippen molar-refractivity contribution in [3.63, 3.8) is 0 Å². The molecule has 0 fully saturated rings. The Kier molecular flexibility index (Phi) is 61.7. The molecule has 0 aliphatic heterocycles. The molecule has 1 atom stereocenters. The van der Waals surface area contributed by atoms with Crippen LogP contribution in [0.2, 0.25) is 0 Å². The van der Waals surface area contributed by atoms with Gasteiger partial charge in [0.1, 0.15) is 13.2 Å². The van der Waals surface area contributed by atoms with Crippen LogP contribution in [0.4, 0.5) is 0 Å². The van der Waals surface area contributed by atoms with Crippen LogP contribution in [0.5, 0.6) is 0 Å². The van der Waals surface area contributed by atoms with E-state index in [1.54, 1.807) is 0 Å². The molecule has 0 heterocycles. The summed E-state index contributed by atoms with van der Waals surface area (Å²) >= 11 is 0. The lowest BCUT2D eigenvalue weighted by molar-refractivity contribution is -0.166. The van der Waals surface area contributed by atoms with Crippen molar-refractivity contribution >= 4 is 17.9 Å². The molecule has 0 N–H and O–H groups in total. The second-order valence-corrected chi connectivity index (χ2v) is 22.0. The topological polar surface area (TPSA) is 78.9 Å². The first-order valence-electron chi connectivity index (χ1n) is 32.9. The van der Waals surface area contributed by atoms with E-state index >= 15 is 0 Å². The summed E-state index contributed by atoms with van der Waals surface area (Å²) in [5, 5.41) is 0. The van der Waals surface area contributed by atoms with Crippen molar-refractivity contribution in [1.82, 2.24) is 0 Å². The highest BCUT2D eigenvalue weighted by Crippen LogP contribution is 2.18. The third kappa shape index (κ3) is 61.7. The lowest BCUT2D eigenvalue weighted by Crippen LogP contribution is -2.30. The first kappa shape index (κ1) is 72.8. The predicted molar refractivity (Wildman–Crippen MR) is 330 cm³/mol. The van der Waals surface area contributed by atoms with Crippen molar-refractivity contribution in [3.8, 4) is 0 Å². The van der Waals surface area contributed by atoms with Crippen LogP contribution >= 0.6 is 0 Å². The zero-order valence-corrected chi connectivity index (χ0v) is 50.5. The van der Waals surface area contributed by atoms with Gasteiger partial charge >= 0.3 is 17.9 Å². The number of ether oxygens (including phenoxy) is 3. The van der Waals surface area contributed by atoms with Crippen LogP contribution in [0.1, 0.15) is 335 Å². The van der Waals surface area contributed by atoms with Crippen LogP contribution in [0.25, 0.3) is 0 Å². The van der Waals surface area contributed by atoms with E-state index in [1.165, 1.54) is 193 Å². The second kappa shape index (κ2) is 64.4. The van der Waals surface area contributed by atoms with E-state index in [-0.39, 0.29) is 31.6 Å². The maximum atomic E-state index is 12.8. The number of rotatable bonds is 60. The van der Waals surface area contributed by atoms with Gasteiger partial charge in [0.2, 0.25) is 0 Å². The number of allylic oxidation sites excluding steroid dienone is 12. The molecule has 0 radical (unpaired) electrons. The van der Waals surface area contributed by atoms with E-state index in [0.717, 1.165) is 96.3 Å². The minimum absolute atomic E-state index is 0.106. The van der Waals surface area contributed by atoms with Gasteiger partial charge in [-0.2, -0.15) is 0 Å². The summed E-state index contributed by atoms with van der Waals surface area (Å²) in [6.07, 6.45) is 84.0. The van der Waals surface area contributed by atoms with Crippen molar-refractivity contribution in [2.45, 2.75) is 341 Å². The summed E-state index contributed by atoms with van der Waals surface area (Å²) in [7, 11) is 0. The molecule has 6 nitrogen and oxygen atoms in total. The molecule has 0 bridgehead atoms. The van der Waals surface area contributed by atoms with Gasteiger partial charge < -0.3 is 14.2 Å². The molecule has 0 spiro atoms. The smallest absolute Gasteiger partial charge is 0.306 e. The van der Waals surface area contributed by atoms with Crippen molar-refractivity contribution in [2.24, 2.45) is 0 Å². The number of hydrogen-bond donors (Lipinski definition) is 0. The number of hydrogen-bond acceptors (Lipinski definition) is 6. The molecular formula is C70H124O6. The fraction of sp³-hybridized carbons (Fsp3) is 0.786. The largest absolute Gasteiger partial charge is 0.462 e. The lowest BCUT2D eigenvalue weighted by Gasteiger charge is -2.18. The Morgan fingerprint density at radius 1 is 0.276 bits per heavy atom. The number of esters is 3. The van der Waals surface area contributed by atoms with Crippen molar-refractivity contribution in [1.29, 1.82) is 0 Å². The molecule has 0 aromatic heterocycles. The van der Waals surface area contributed by atoms with E-state index in [1.807, 2.05) is 6.08 Å². The van der Waals surface area contributed by atoms with Gasteiger partial charge in [-0.05, 0) is 70.6 Å². The zero-order chi connectivity index (χ0) is 55.0. The van der Waals surface area contributed by atoms with Crippen LogP contribution in [-0.2, 0) is 28.6 Å². The quantitative estimate of drug-likeness (QED) is 0.0261. The molecule has 1 unspecified atom stereocenters. The Morgan fingerprint density at radius 3 is 0.908 bits per heavy atom. The average molecular weight is 1060 g/mol. The van der Waals surface area contributed by atoms with Crippen LogP contribution in [-0.4, -0.2) is 37.2 Å². The highest BCUT2D eigenvalue weighted by atomic mass is 16.6. The third-order valence-corrected chi connectivity index (χ3v) is 14.4. The Balaban J connectivity index is 4.11. The van der Waals surface area contributed by atoms with E-state index in [2.05, 4.69) is 87.6 Å². The Morgan fingerprint density at radius 2 is 0.566 bits per heavy atom. The Labute approximate surface area is 472 Å². The first-order valence-corrected chi connectivity index (χ1v) is 32.9. The number of unbranched alkanes of at least 4 members (excludes halogenated alkanes) is 37. The molecule has 0 saturated heterocycles. The molecule has 6 heteroatoms. The standard InChI is InChI=1S/C70H124O6/c1-4-7-10-13-16-19-22-25-26-27-28-29-30-31-32-33-34-35-36-37-38-39-40-41-42-43-46-48-51-54-57-60-63-69(72)75-66-67(76-70(73)64-61-58-55-52-49-45-24-21-18-15-12-9-6-3)65-74-68(71)62-59-56-53-50-47-44-23-20-17-14-11-8-5-2/h9,11-12,14,18,20-21,23,45,49,55,58,67H,4-8,10,13,15-17,19,22,24-44,46-48,50-54,56-57,59-66H2,1-3H3/b12-9-,14-11-,21-18-,23-20-,49-45-,58-55-. The van der Waals surface area contributed by atoms with E-state index < -0.39 is 12.1 Å². The van der Waals surface area contributed by atoms with Gasteiger partial charge in [-0.1, -0.05) is 318 Å². The molecule has 76 heavy (non-hydrogen) atoms. The average Bonchev–Trinajstić information content (AvgIpc) is 3.42. The zero-order valence-electron chi connectivity index (χ0n) is 50.5. The third-order valence-electron chi connectivity index (χ3n) is 14.4. The van der Waals surface area contributed by atoms with Crippen LogP contribution in [0.15, 0.2) is 72.9 Å². The fourth-order valence-electron chi connectivity index (χ4n) is 9.56. The number of carbonyl (C=O) groups excluding carboxylic acids is 3. The highest BCUT2D eigenvalue weighted by Gasteiger charge is 2.19. The van der Waals surface area contributed by atoms with Crippen LogP contribution in [0, 0.1) is 0 Å². The van der Waals surface area contributed by atoms with E-state index in [4.69, 9.17) is 14.2 Å². The minimum atomic E-state index is -0.818. The molecule has 0 rings (SSSR count). The van der Waals surface area contributed by atoms with Gasteiger partial charge in [-0.15, -0.1) is 0 Å². The van der Waals surface area contributed by atoms with E-state index in [9.17, 15) is 14.4 Å². The lowest BCUT2D eigenvalue weighted by atomic mass is 10.0. The van der Waals surface area contributed by atoms with Crippen molar-refractivity contribution in [3.05, 3.63) is 72.9 Å². The molecule has 0 aromatic carbocycles. The van der Waals surface area contributed by atoms with Gasteiger partial charge in [0, 0.05) is 19.3 Å². The first-order chi connectivity index (χ1) is 37.5. The molecule has 0 amide bonds. The van der Waals surface area contributed by atoms with Crippen LogP contribution < -0.4 is 0 Å². The van der Waals surface area contributed by atoms with Gasteiger partial charge in [-0.3, -0.25) is 14.4 Å². The molecule has 0 aliphatic carbocycles. The SMILES string of the molecule is CC/C=C\C/C=C\C/C=C\C/C=C\CCC(=O)OC(COC(=O)CCCCCCC/C=C\C/C=C\CCC)COC(=O)CCCCCCCCCCCCCCCCCCCCCCCCCCCCCCCCCC. The number of carbonyl (C=O) groups is 3. The van der Waals surface area contributed by atoms with Gasteiger partial charge in [0.05, 0.1) is 0 Å². The molecule has 0 saturated carbocycles. The Hall–Kier alpha value is -3.15. The Bertz CT molecular complexity index is 1400. The maximum Gasteiger partial charge on any atom is 0.306 e. The molecule has 0 aliphatic rings. The summed E-state index contributed by atoms with van der Waals surface area (Å²) < 4.78 is 16.8. The van der Waals surface area contributed by atoms with Gasteiger partial charge in [-0.25, -0.2) is 0 Å². The monoisotopic (exact) mass is 1060 g/mol. The maximum absolute atomic E-state index is 12.8. The predicted octanol–water partition coefficient (Wildman–Crippen LogP) is 22.5. The van der Waals surface area contributed by atoms with E-state index in [0.29, 0.717) is 19.3 Å². The molecule has 440 valence electrons. The summed E-state index contributed by atoms with van der Waals surface area (Å²) in [4.78, 5) is 38.1. The summed E-state index contributed by atoms with van der Waals surface area (Å²) in [6, 6.07) is 0. The molecule has 0 aromatic rings. The fourth-order valence-corrected chi connectivity index (χ4v) is 9.56. The van der Waals surface area contributed by atoms with Gasteiger partial charge in [0.15, 0.2) is 6.10 Å². The van der Waals surface area contributed by atoms with Crippen LogP contribution in [0.3, 0.4) is 0 Å².